The van der Waals surface area contributed by atoms with Crippen LogP contribution >= 0.6 is 0 Å². The quantitative estimate of drug-likeness (QED) is 0.810. The molecule has 2 N–H and O–H groups in total. The highest BCUT2D eigenvalue weighted by atomic mass is 16.3. The summed E-state index contributed by atoms with van der Waals surface area (Å²) in [5.74, 6) is 0.487. The number of anilines is 1. The Labute approximate surface area is 144 Å². The van der Waals surface area contributed by atoms with Gasteiger partial charge in [-0.15, -0.1) is 0 Å². The van der Waals surface area contributed by atoms with Crippen LogP contribution in [-0.4, -0.2) is 16.7 Å². The molecule has 2 aromatic rings. The van der Waals surface area contributed by atoms with Gasteiger partial charge in [-0.3, -0.25) is 0 Å². The molecule has 1 unspecified atom stereocenters. The third-order valence-corrected chi connectivity index (χ3v) is 6.07. The molecule has 2 fully saturated rings. The second-order valence-electron chi connectivity index (χ2n) is 7.51. The maximum absolute atomic E-state index is 11.3. The Hall–Kier alpha value is -1.80. The van der Waals surface area contributed by atoms with Crippen molar-refractivity contribution >= 4 is 5.69 Å². The summed E-state index contributed by atoms with van der Waals surface area (Å²) in [6.07, 6.45) is 8.10. The lowest BCUT2D eigenvalue weighted by atomic mass is 9.65. The molecule has 0 heterocycles. The van der Waals surface area contributed by atoms with E-state index in [-0.39, 0.29) is 6.04 Å². The lowest BCUT2D eigenvalue weighted by Crippen LogP contribution is -2.56. The van der Waals surface area contributed by atoms with E-state index in [2.05, 4.69) is 53.8 Å². The topological polar surface area (TPSA) is 32.3 Å². The zero-order valence-electron chi connectivity index (χ0n) is 14.2. The van der Waals surface area contributed by atoms with Gasteiger partial charge in [0.15, 0.2) is 0 Å². The van der Waals surface area contributed by atoms with Gasteiger partial charge in [0.1, 0.15) is 0 Å². The van der Waals surface area contributed by atoms with E-state index in [1.807, 2.05) is 6.07 Å². The fourth-order valence-corrected chi connectivity index (χ4v) is 4.71. The molecule has 0 aromatic heterocycles. The monoisotopic (exact) mass is 321 g/mol. The molecule has 126 valence electrons. The molecule has 0 spiro atoms. The fourth-order valence-electron chi connectivity index (χ4n) is 4.71. The lowest BCUT2D eigenvalue weighted by Gasteiger charge is -2.49. The SMILES string of the molecule is OC12CCCC[C@@H]1CCC[C@H]2Nc1ccc(-c2ccccc2)cc1. The summed E-state index contributed by atoms with van der Waals surface area (Å²) in [6.45, 7) is 0. The first kappa shape index (κ1) is 15.7. The molecule has 3 atom stereocenters. The molecule has 2 aliphatic carbocycles. The van der Waals surface area contributed by atoms with Crippen LogP contribution in [0.1, 0.15) is 44.9 Å². The van der Waals surface area contributed by atoms with Gasteiger partial charge in [-0.25, -0.2) is 0 Å². The van der Waals surface area contributed by atoms with Crippen LogP contribution in [0.2, 0.25) is 0 Å². The van der Waals surface area contributed by atoms with Crippen molar-refractivity contribution < 1.29 is 5.11 Å². The standard InChI is InChI=1S/C22H27NO/c24-22-16-5-4-9-19(22)10-6-11-21(22)23-20-14-12-18(13-15-20)17-7-2-1-3-8-17/h1-3,7-8,12-15,19,21,23-24H,4-6,9-11,16H2/t19-,21-,22?/m1/s1. The minimum atomic E-state index is -0.505. The molecule has 0 saturated heterocycles. The summed E-state index contributed by atoms with van der Waals surface area (Å²) in [7, 11) is 0. The largest absolute Gasteiger partial charge is 0.387 e. The first-order valence-electron chi connectivity index (χ1n) is 9.40. The normalized spacial score (nSPS) is 29.7. The Morgan fingerprint density at radius 1 is 0.792 bits per heavy atom. The maximum Gasteiger partial charge on any atom is 0.0875 e. The minimum Gasteiger partial charge on any atom is -0.387 e. The van der Waals surface area contributed by atoms with Gasteiger partial charge in [0.05, 0.1) is 11.6 Å². The van der Waals surface area contributed by atoms with Crippen molar-refractivity contribution in [2.45, 2.75) is 56.6 Å². The van der Waals surface area contributed by atoms with Crippen molar-refractivity contribution in [1.29, 1.82) is 0 Å². The van der Waals surface area contributed by atoms with E-state index in [0.717, 1.165) is 24.9 Å². The Balaban J connectivity index is 1.50. The Kier molecular flexibility index (Phi) is 4.32. The van der Waals surface area contributed by atoms with E-state index in [9.17, 15) is 5.11 Å². The van der Waals surface area contributed by atoms with Crippen molar-refractivity contribution in [2.24, 2.45) is 5.92 Å². The van der Waals surface area contributed by atoms with E-state index < -0.39 is 5.60 Å². The highest BCUT2D eigenvalue weighted by molar-refractivity contribution is 5.66. The molecule has 0 bridgehead atoms. The number of benzene rings is 2. The minimum absolute atomic E-state index is 0.194. The van der Waals surface area contributed by atoms with E-state index in [1.54, 1.807) is 0 Å². The van der Waals surface area contributed by atoms with Crippen molar-refractivity contribution in [3.05, 3.63) is 54.6 Å². The van der Waals surface area contributed by atoms with Crippen LogP contribution in [-0.2, 0) is 0 Å². The summed E-state index contributed by atoms with van der Waals surface area (Å²) in [4.78, 5) is 0. The number of hydrogen-bond acceptors (Lipinski definition) is 2. The van der Waals surface area contributed by atoms with Crippen LogP contribution in [0.4, 0.5) is 5.69 Å². The third kappa shape index (κ3) is 2.95. The summed E-state index contributed by atoms with van der Waals surface area (Å²) in [5.41, 5.74) is 3.10. The molecule has 0 amide bonds. The summed E-state index contributed by atoms with van der Waals surface area (Å²) in [6, 6.07) is 19.3. The van der Waals surface area contributed by atoms with Gasteiger partial charge in [-0.05, 0) is 54.9 Å². The first-order chi connectivity index (χ1) is 11.8. The van der Waals surface area contributed by atoms with Gasteiger partial charge >= 0.3 is 0 Å². The van der Waals surface area contributed by atoms with Crippen molar-refractivity contribution in [1.82, 2.24) is 0 Å². The molecule has 4 rings (SSSR count). The molecule has 0 aliphatic heterocycles. The van der Waals surface area contributed by atoms with Gasteiger partial charge in [-0.2, -0.15) is 0 Å². The van der Waals surface area contributed by atoms with Crippen LogP contribution in [0, 0.1) is 5.92 Å². The van der Waals surface area contributed by atoms with Crippen LogP contribution < -0.4 is 5.32 Å². The van der Waals surface area contributed by atoms with Crippen LogP contribution in [0.25, 0.3) is 11.1 Å². The molecule has 2 saturated carbocycles. The van der Waals surface area contributed by atoms with Crippen molar-refractivity contribution in [2.75, 3.05) is 5.32 Å². The Bertz CT molecular complexity index is 664. The highest BCUT2D eigenvalue weighted by Crippen LogP contribution is 2.44. The maximum atomic E-state index is 11.3. The summed E-state index contributed by atoms with van der Waals surface area (Å²) in [5, 5.41) is 14.9. The predicted molar refractivity (Wildman–Crippen MR) is 100 cm³/mol. The van der Waals surface area contributed by atoms with Crippen LogP contribution in [0.15, 0.2) is 54.6 Å². The lowest BCUT2D eigenvalue weighted by molar-refractivity contribution is -0.0835. The van der Waals surface area contributed by atoms with E-state index >= 15 is 0 Å². The van der Waals surface area contributed by atoms with Crippen LogP contribution in [0.5, 0.6) is 0 Å². The van der Waals surface area contributed by atoms with Crippen LogP contribution in [0.3, 0.4) is 0 Å². The number of rotatable bonds is 3. The van der Waals surface area contributed by atoms with E-state index in [1.165, 1.54) is 36.8 Å². The fraction of sp³-hybridized carbons (Fsp3) is 0.455. The molecular weight excluding hydrogens is 294 g/mol. The summed E-state index contributed by atoms with van der Waals surface area (Å²) < 4.78 is 0. The van der Waals surface area contributed by atoms with Gasteiger partial charge < -0.3 is 10.4 Å². The molecule has 0 radical (unpaired) electrons. The summed E-state index contributed by atoms with van der Waals surface area (Å²) >= 11 is 0. The zero-order chi connectivity index (χ0) is 16.4. The van der Waals surface area contributed by atoms with Gasteiger partial charge in [0.2, 0.25) is 0 Å². The number of fused-ring (bicyclic) bond motifs is 1. The molecule has 24 heavy (non-hydrogen) atoms. The average molecular weight is 321 g/mol. The number of aliphatic hydroxyl groups is 1. The Morgan fingerprint density at radius 3 is 2.29 bits per heavy atom. The van der Waals surface area contributed by atoms with Gasteiger partial charge in [-0.1, -0.05) is 61.7 Å². The van der Waals surface area contributed by atoms with E-state index in [4.69, 9.17) is 0 Å². The molecule has 2 aromatic carbocycles. The second kappa shape index (κ2) is 6.60. The molecule has 2 nitrogen and oxygen atoms in total. The second-order valence-corrected chi connectivity index (χ2v) is 7.51. The third-order valence-electron chi connectivity index (χ3n) is 6.07. The number of nitrogens with one attached hydrogen (secondary N) is 1. The van der Waals surface area contributed by atoms with Crippen molar-refractivity contribution in [3.8, 4) is 11.1 Å². The van der Waals surface area contributed by atoms with Gasteiger partial charge in [0, 0.05) is 5.69 Å². The average Bonchev–Trinajstić information content (AvgIpc) is 2.64. The molecule has 2 heteroatoms. The molecule has 2 aliphatic rings. The predicted octanol–water partition coefficient (Wildman–Crippen LogP) is 5.24. The first-order valence-corrected chi connectivity index (χ1v) is 9.40. The van der Waals surface area contributed by atoms with Gasteiger partial charge in [0.25, 0.3) is 0 Å². The molecular formula is C22H27NO. The highest BCUT2D eigenvalue weighted by Gasteiger charge is 2.47. The van der Waals surface area contributed by atoms with Crippen molar-refractivity contribution in [3.63, 3.8) is 0 Å². The zero-order valence-corrected chi connectivity index (χ0v) is 14.2. The smallest absolute Gasteiger partial charge is 0.0875 e. The van der Waals surface area contributed by atoms with E-state index in [0.29, 0.717) is 5.92 Å². The Morgan fingerprint density at radius 2 is 1.50 bits per heavy atom. The number of hydrogen-bond donors (Lipinski definition) is 2.